The van der Waals surface area contributed by atoms with Crippen LogP contribution in [0.5, 0.6) is 0 Å². The monoisotopic (exact) mass is 352 g/mol. The summed E-state index contributed by atoms with van der Waals surface area (Å²) in [4.78, 5) is 28.8. The summed E-state index contributed by atoms with van der Waals surface area (Å²) >= 11 is 0. The van der Waals surface area contributed by atoms with E-state index in [0.29, 0.717) is 28.7 Å². The highest BCUT2D eigenvalue weighted by Gasteiger charge is 2.22. The lowest BCUT2D eigenvalue weighted by molar-refractivity contribution is 0.0601. The van der Waals surface area contributed by atoms with Gasteiger partial charge in [-0.25, -0.2) is 9.18 Å². The van der Waals surface area contributed by atoms with Gasteiger partial charge in [-0.05, 0) is 48.7 Å². The van der Waals surface area contributed by atoms with Gasteiger partial charge in [0.05, 0.1) is 23.9 Å². The van der Waals surface area contributed by atoms with Crippen molar-refractivity contribution in [3.63, 3.8) is 0 Å². The zero-order valence-electron chi connectivity index (χ0n) is 14.2. The molecule has 0 spiro atoms. The first-order chi connectivity index (χ1) is 12.6. The Morgan fingerprint density at radius 3 is 2.81 bits per heavy atom. The third kappa shape index (κ3) is 2.73. The van der Waals surface area contributed by atoms with Crippen LogP contribution in [-0.4, -0.2) is 24.6 Å². The first-order valence-electron chi connectivity index (χ1n) is 8.38. The van der Waals surface area contributed by atoms with Crippen molar-refractivity contribution < 1.29 is 13.9 Å². The van der Waals surface area contributed by atoms with Crippen LogP contribution in [0.4, 0.5) is 15.8 Å². The largest absolute Gasteiger partial charge is 0.465 e. The van der Waals surface area contributed by atoms with Gasteiger partial charge in [0.15, 0.2) is 0 Å². The molecular weight excluding hydrogens is 335 g/mol. The van der Waals surface area contributed by atoms with Gasteiger partial charge in [0.25, 0.3) is 0 Å². The van der Waals surface area contributed by atoms with Gasteiger partial charge < -0.3 is 14.6 Å². The minimum Gasteiger partial charge on any atom is -0.465 e. The van der Waals surface area contributed by atoms with Gasteiger partial charge in [0, 0.05) is 23.7 Å². The second-order valence-corrected chi connectivity index (χ2v) is 6.30. The van der Waals surface area contributed by atoms with Gasteiger partial charge >= 0.3 is 5.97 Å². The van der Waals surface area contributed by atoms with Crippen LogP contribution in [-0.2, 0) is 11.2 Å². The third-order valence-electron chi connectivity index (χ3n) is 4.70. The van der Waals surface area contributed by atoms with Crippen LogP contribution in [0, 0.1) is 5.82 Å². The van der Waals surface area contributed by atoms with E-state index in [1.54, 1.807) is 24.3 Å². The van der Waals surface area contributed by atoms with Gasteiger partial charge in [-0.2, -0.15) is 0 Å². The topological polar surface area (TPSA) is 62.4 Å². The Bertz CT molecular complexity index is 1070. The number of pyridine rings is 1. The molecule has 1 aliphatic heterocycles. The molecule has 0 unspecified atom stereocenters. The number of carbonyl (C=O) groups excluding carboxylic acids is 1. The Balaban J connectivity index is 1.96. The predicted molar refractivity (Wildman–Crippen MR) is 97.6 cm³/mol. The lowest BCUT2D eigenvalue weighted by atomic mass is 9.99. The number of halogens is 1. The second-order valence-electron chi connectivity index (χ2n) is 6.30. The summed E-state index contributed by atoms with van der Waals surface area (Å²) in [6.45, 7) is 0.664. The molecule has 0 saturated heterocycles. The molecule has 1 aromatic heterocycles. The van der Waals surface area contributed by atoms with Crippen molar-refractivity contribution in [2.75, 3.05) is 18.6 Å². The number of aromatic nitrogens is 1. The average Bonchev–Trinajstić information content (AvgIpc) is 2.65. The van der Waals surface area contributed by atoms with E-state index in [0.717, 1.165) is 24.1 Å². The molecule has 4 rings (SSSR count). The highest BCUT2D eigenvalue weighted by Crippen LogP contribution is 2.36. The molecule has 5 nitrogen and oxygen atoms in total. The maximum atomic E-state index is 13.8. The van der Waals surface area contributed by atoms with Crippen LogP contribution in [0.1, 0.15) is 22.3 Å². The number of fused-ring (bicyclic) bond motifs is 2. The number of aryl methyl sites for hydroxylation is 1. The summed E-state index contributed by atoms with van der Waals surface area (Å²) in [5, 5.41) is 0.713. The molecule has 26 heavy (non-hydrogen) atoms. The summed E-state index contributed by atoms with van der Waals surface area (Å²) < 4.78 is 18.6. The van der Waals surface area contributed by atoms with Crippen LogP contribution in [0.2, 0.25) is 0 Å². The van der Waals surface area contributed by atoms with E-state index < -0.39 is 5.97 Å². The standard InChI is InChI=1S/C20H17FN2O3/c1-26-20(25)13-5-7-16-15(9-13)18(11-19(24)22-16)23-8-2-3-12-4-6-14(21)10-17(12)23/h4-7,9-11H,2-3,8H2,1H3,(H,22,24). The first-order valence-corrected chi connectivity index (χ1v) is 8.38. The normalized spacial score (nSPS) is 13.5. The number of H-pyrrole nitrogens is 1. The molecule has 2 aromatic carbocycles. The summed E-state index contributed by atoms with van der Waals surface area (Å²) in [6.07, 6.45) is 1.75. The zero-order valence-corrected chi connectivity index (χ0v) is 14.2. The number of methoxy groups -OCH3 is 1. The number of hydrogen-bond donors (Lipinski definition) is 1. The number of carbonyl (C=O) groups is 1. The molecule has 132 valence electrons. The number of aromatic amines is 1. The van der Waals surface area contributed by atoms with Crippen molar-refractivity contribution in [3.05, 3.63) is 69.8 Å². The lowest BCUT2D eigenvalue weighted by Gasteiger charge is -2.32. The molecule has 0 fully saturated rings. The van der Waals surface area contributed by atoms with Crippen LogP contribution >= 0.6 is 0 Å². The van der Waals surface area contributed by atoms with Gasteiger partial charge in [-0.3, -0.25) is 4.79 Å². The molecule has 2 heterocycles. The number of nitrogens with zero attached hydrogens (tertiary/aromatic N) is 1. The van der Waals surface area contributed by atoms with E-state index in [4.69, 9.17) is 4.74 Å². The SMILES string of the molecule is COC(=O)c1ccc2[nH]c(=O)cc(N3CCCc4ccc(F)cc43)c2c1. The van der Waals surface area contributed by atoms with Crippen LogP contribution in [0.3, 0.4) is 0 Å². The third-order valence-corrected chi connectivity index (χ3v) is 4.70. The smallest absolute Gasteiger partial charge is 0.337 e. The van der Waals surface area contributed by atoms with Gasteiger partial charge in [-0.15, -0.1) is 0 Å². The van der Waals surface area contributed by atoms with E-state index >= 15 is 0 Å². The molecule has 0 bridgehead atoms. The van der Waals surface area contributed by atoms with Crippen molar-refractivity contribution in [2.45, 2.75) is 12.8 Å². The molecule has 0 aliphatic carbocycles. The van der Waals surface area contributed by atoms with Crippen molar-refractivity contribution in [3.8, 4) is 0 Å². The van der Waals surface area contributed by atoms with Crippen molar-refractivity contribution >= 4 is 28.2 Å². The number of rotatable bonds is 2. The van der Waals surface area contributed by atoms with E-state index in [1.165, 1.54) is 25.3 Å². The van der Waals surface area contributed by atoms with Gasteiger partial charge in [0.2, 0.25) is 5.56 Å². The Morgan fingerprint density at radius 1 is 1.15 bits per heavy atom. The molecule has 1 aliphatic rings. The summed E-state index contributed by atoms with van der Waals surface area (Å²) in [5.41, 5.74) is 3.21. The second kappa shape index (κ2) is 6.29. The number of hydrogen-bond acceptors (Lipinski definition) is 4. The first kappa shape index (κ1) is 16.3. The maximum absolute atomic E-state index is 13.8. The van der Waals surface area contributed by atoms with E-state index in [2.05, 4.69) is 4.98 Å². The fourth-order valence-electron chi connectivity index (χ4n) is 3.50. The van der Waals surface area contributed by atoms with Crippen LogP contribution in [0.15, 0.2) is 47.3 Å². The Labute approximate surface area is 149 Å². The molecule has 0 saturated carbocycles. The molecule has 0 radical (unpaired) electrons. The molecule has 6 heteroatoms. The van der Waals surface area contributed by atoms with Crippen molar-refractivity contribution in [2.24, 2.45) is 0 Å². The van der Waals surface area contributed by atoms with Crippen LogP contribution in [0.25, 0.3) is 10.9 Å². The van der Waals surface area contributed by atoms with Gasteiger partial charge in [-0.1, -0.05) is 6.07 Å². The lowest BCUT2D eigenvalue weighted by Crippen LogP contribution is -2.26. The fraction of sp³-hybridized carbons (Fsp3) is 0.200. The minimum absolute atomic E-state index is 0.248. The van der Waals surface area contributed by atoms with Crippen molar-refractivity contribution in [1.29, 1.82) is 0 Å². The molecule has 0 atom stereocenters. The summed E-state index contributed by atoms with van der Waals surface area (Å²) in [7, 11) is 1.32. The molecule has 0 amide bonds. The number of nitrogens with one attached hydrogen (secondary N) is 1. The quantitative estimate of drug-likeness (QED) is 0.717. The minimum atomic E-state index is -0.450. The highest BCUT2D eigenvalue weighted by atomic mass is 19.1. The highest BCUT2D eigenvalue weighted by molar-refractivity contribution is 6.00. The van der Waals surface area contributed by atoms with E-state index in [9.17, 15) is 14.0 Å². The average molecular weight is 352 g/mol. The van der Waals surface area contributed by atoms with E-state index in [1.807, 2.05) is 4.90 Å². The van der Waals surface area contributed by atoms with Gasteiger partial charge in [0.1, 0.15) is 5.82 Å². The Morgan fingerprint density at radius 2 is 2.00 bits per heavy atom. The van der Waals surface area contributed by atoms with Crippen molar-refractivity contribution in [1.82, 2.24) is 4.98 Å². The summed E-state index contributed by atoms with van der Waals surface area (Å²) in [6, 6.07) is 11.2. The number of benzene rings is 2. The summed E-state index contributed by atoms with van der Waals surface area (Å²) in [5.74, 6) is -0.769. The zero-order chi connectivity index (χ0) is 18.3. The number of anilines is 2. The number of esters is 1. The maximum Gasteiger partial charge on any atom is 0.337 e. The van der Waals surface area contributed by atoms with Crippen LogP contribution < -0.4 is 10.5 Å². The van der Waals surface area contributed by atoms with E-state index in [-0.39, 0.29) is 11.4 Å². The number of ether oxygens (including phenoxy) is 1. The molecular formula is C20H17FN2O3. The Hall–Kier alpha value is -3.15. The predicted octanol–water partition coefficient (Wildman–Crippen LogP) is 3.54. The molecule has 3 aromatic rings. The molecule has 1 N–H and O–H groups in total. The fourth-order valence-corrected chi connectivity index (χ4v) is 3.50. The Kier molecular flexibility index (Phi) is 3.95.